The van der Waals surface area contributed by atoms with E-state index in [0.717, 1.165) is 29.8 Å². The molecule has 0 saturated carbocycles. The molecular weight excluding hydrogens is 401 g/mol. The Morgan fingerprint density at radius 3 is 3.00 bits per heavy atom. The van der Waals surface area contributed by atoms with Gasteiger partial charge in [0, 0.05) is 29.5 Å². The number of carbonyl (C=O) groups is 1. The Morgan fingerprint density at radius 1 is 1.44 bits per heavy atom. The van der Waals surface area contributed by atoms with E-state index in [1.165, 1.54) is 11.3 Å². The lowest BCUT2D eigenvalue weighted by molar-refractivity contribution is -0.120. The molecule has 2 N–H and O–H groups in total. The monoisotopic (exact) mass is 419 g/mol. The maximum Gasteiger partial charge on any atom is 0.229 e. The minimum Gasteiger partial charge on any atom is -0.314 e. The molecule has 2 heterocycles. The molecule has 0 spiro atoms. The highest BCUT2D eigenvalue weighted by atomic mass is 35.5. The summed E-state index contributed by atoms with van der Waals surface area (Å²) in [5, 5.41) is 8.06. The number of anilines is 1. The molecule has 1 aliphatic rings. The topological polar surface area (TPSA) is 54.0 Å². The third-order valence-corrected chi connectivity index (χ3v) is 5.95. The number of carbonyl (C=O) groups excluding carboxylic acids is 1. The summed E-state index contributed by atoms with van der Waals surface area (Å²) in [4.78, 5) is 17.7. The van der Waals surface area contributed by atoms with Crippen LogP contribution in [0.15, 0.2) is 24.4 Å². The van der Waals surface area contributed by atoms with E-state index in [2.05, 4.69) is 22.5 Å². The van der Waals surface area contributed by atoms with Gasteiger partial charge in [-0.3, -0.25) is 4.79 Å². The van der Waals surface area contributed by atoms with Crippen molar-refractivity contribution < 1.29 is 4.79 Å². The van der Waals surface area contributed by atoms with Crippen LogP contribution < -0.4 is 10.6 Å². The van der Waals surface area contributed by atoms with E-state index in [1.54, 1.807) is 12.3 Å². The van der Waals surface area contributed by atoms with Crippen molar-refractivity contribution in [3.8, 4) is 0 Å². The summed E-state index contributed by atoms with van der Waals surface area (Å²) < 4.78 is 0. The van der Waals surface area contributed by atoms with Crippen molar-refractivity contribution in [2.24, 2.45) is 5.92 Å². The molecule has 136 valence electrons. The van der Waals surface area contributed by atoms with E-state index in [-0.39, 0.29) is 24.2 Å². The van der Waals surface area contributed by atoms with Gasteiger partial charge < -0.3 is 10.6 Å². The molecule has 25 heavy (non-hydrogen) atoms. The molecule has 0 bridgehead atoms. The van der Waals surface area contributed by atoms with E-state index in [0.29, 0.717) is 27.6 Å². The largest absolute Gasteiger partial charge is 0.314 e. The fourth-order valence-corrected chi connectivity index (χ4v) is 4.12. The van der Waals surface area contributed by atoms with Crippen molar-refractivity contribution in [1.82, 2.24) is 10.3 Å². The van der Waals surface area contributed by atoms with Crippen LogP contribution in [0.25, 0.3) is 0 Å². The molecule has 8 heteroatoms. The number of benzene rings is 1. The van der Waals surface area contributed by atoms with E-state index in [9.17, 15) is 4.79 Å². The molecule has 1 fully saturated rings. The Morgan fingerprint density at radius 2 is 2.24 bits per heavy atom. The minimum atomic E-state index is 0. The fourth-order valence-electron chi connectivity index (χ4n) is 2.90. The molecule has 3 rings (SSSR count). The lowest BCUT2D eigenvalue weighted by Crippen LogP contribution is -2.40. The summed E-state index contributed by atoms with van der Waals surface area (Å²) in [5.74, 6) is 0.112. The van der Waals surface area contributed by atoms with Crippen LogP contribution in [0.3, 0.4) is 0 Å². The van der Waals surface area contributed by atoms with Gasteiger partial charge in [-0.05, 0) is 37.9 Å². The zero-order valence-corrected chi connectivity index (χ0v) is 16.9. The Labute approximate surface area is 167 Å². The standard InChI is InChI=1S/C17H19Cl2N3OS.ClH/c1-10-7-12(5-6-20-10)16(23)22-17-21-9-13(24-17)8-11-3-2-4-14(18)15(11)19;/h2-4,9-10,12,20H,5-8H2,1H3,(H,21,22,23);1H/t10-,12-;/m0./s1. The van der Waals surface area contributed by atoms with E-state index in [4.69, 9.17) is 23.2 Å². The summed E-state index contributed by atoms with van der Waals surface area (Å²) in [6.45, 7) is 2.99. The number of rotatable bonds is 4. The zero-order chi connectivity index (χ0) is 17.1. The van der Waals surface area contributed by atoms with Gasteiger partial charge in [-0.2, -0.15) is 0 Å². The Bertz CT molecular complexity index is 738. The molecule has 1 aliphatic heterocycles. The van der Waals surface area contributed by atoms with Crippen LogP contribution in [0.5, 0.6) is 0 Å². The van der Waals surface area contributed by atoms with Gasteiger partial charge in [-0.15, -0.1) is 23.7 Å². The van der Waals surface area contributed by atoms with Crippen LogP contribution in [0.2, 0.25) is 10.0 Å². The van der Waals surface area contributed by atoms with Crippen LogP contribution in [0.1, 0.15) is 30.2 Å². The summed E-state index contributed by atoms with van der Waals surface area (Å²) in [6, 6.07) is 5.98. The third-order valence-electron chi connectivity index (χ3n) is 4.17. The first-order valence-corrected chi connectivity index (χ1v) is 9.52. The smallest absolute Gasteiger partial charge is 0.229 e. The minimum absolute atomic E-state index is 0. The number of nitrogens with one attached hydrogen (secondary N) is 2. The molecular formula is C17H20Cl3N3OS. The van der Waals surface area contributed by atoms with Gasteiger partial charge in [0.2, 0.25) is 5.91 Å². The summed E-state index contributed by atoms with van der Waals surface area (Å²) in [6.07, 6.45) is 4.16. The lowest BCUT2D eigenvalue weighted by atomic mass is 9.93. The molecule has 0 aliphatic carbocycles. The maximum atomic E-state index is 12.4. The average molecular weight is 421 g/mol. The highest BCUT2D eigenvalue weighted by molar-refractivity contribution is 7.15. The maximum absolute atomic E-state index is 12.4. The van der Waals surface area contributed by atoms with Crippen LogP contribution in [0, 0.1) is 5.92 Å². The van der Waals surface area contributed by atoms with E-state index in [1.807, 2.05) is 12.1 Å². The third kappa shape index (κ3) is 5.31. The van der Waals surface area contributed by atoms with Gasteiger partial charge in [0.05, 0.1) is 10.0 Å². The van der Waals surface area contributed by atoms with Crippen molar-refractivity contribution in [2.75, 3.05) is 11.9 Å². The normalized spacial score (nSPS) is 20.0. The Balaban J connectivity index is 0.00000225. The summed E-state index contributed by atoms with van der Waals surface area (Å²) in [7, 11) is 0. The van der Waals surface area contributed by atoms with Gasteiger partial charge >= 0.3 is 0 Å². The van der Waals surface area contributed by atoms with Crippen LogP contribution in [0.4, 0.5) is 5.13 Å². The second-order valence-corrected chi connectivity index (χ2v) is 7.99. The summed E-state index contributed by atoms with van der Waals surface area (Å²) >= 11 is 13.7. The van der Waals surface area contributed by atoms with Crippen LogP contribution >= 0.6 is 46.9 Å². The number of hydrogen-bond donors (Lipinski definition) is 2. The van der Waals surface area contributed by atoms with Crippen molar-refractivity contribution in [1.29, 1.82) is 0 Å². The number of piperidine rings is 1. The molecule has 0 radical (unpaired) electrons. The second-order valence-electron chi connectivity index (χ2n) is 6.09. The Kier molecular flexibility index (Phi) is 7.52. The molecule has 4 nitrogen and oxygen atoms in total. The fraction of sp³-hybridized carbons (Fsp3) is 0.412. The average Bonchev–Trinajstić information content (AvgIpc) is 2.99. The van der Waals surface area contributed by atoms with Crippen molar-refractivity contribution in [3.63, 3.8) is 0 Å². The zero-order valence-electron chi connectivity index (χ0n) is 13.7. The number of halogens is 3. The summed E-state index contributed by atoms with van der Waals surface area (Å²) in [5.41, 5.74) is 0.956. The highest BCUT2D eigenvalue weighted by Gasteiger charge is 2.25. The van der Waals surface area contributed by atoms with Crippen molar-refractivity contribution in [2.45, 2.75) is 32.2 Å². The quantitative estimate of drug-likeness (QED) is 0.747. The second kappa shape index (κ2) is 9.19. The molecule has 1 aromatic heterocycles. The SMILES string of the molecule is C[C@H]1C[C@@H](C(=O)Nc2ncc(Cc3cccc(Cl)c3Cl)s2)CCN1.Cl. The van der Waals surface area contributed by atoms with E-state index >= 15 is 0 Å². The first-order chi connectivity index (χ1) is 11.5. The van der Waals surface area contributed by atoms with Crippen LogP contribution in [-0.4, -0.2) is 23.5 Å². The molecule has 1 aromatic carbocycles. The molecule has 1 saturated heterocycles. The number of hydrogen-bond acceptors (Lipinski definition) is 4. The van der Waals surface area contributed by atoms with Gasteiger partial charge in [0.15, 0.2) is 5.13 Å². The van der Waals surface area contributed by atoms with Gasteiger partial charge in [-0.1, -0.05) is 35.3 Å². The van der Waals surface area contributed by atoms with Gasteiger partial charge in [-0.25, -0.2) is 4.98 Å². The first kappa shape index (κ1) is 20.5. The first-order valence-electron chi connectivity index (χ1n) is 7.94. The predicted octanol–water partition coefficient (Wildman–Crippen LogP) is 4.79. The lowest BCUT2D eigenvalue weighted by Gasteiger charge is -2.26. The predicted molar refractivity (Wildman–Crippen MR) is 107 cm³/mol. The van der Waals surface area contributed by atoms with Gasteiger partial charge in [0.25, 0.3) is 0 Å². The molecule has 1 amide bonds. The van der Waals surface area contributed by atoms with E-state index < -0.39 is 0 Å². The van der Waals surface area contributed by atoms with Crippen molar-refractivity contribution in [3.05, 3.63) is 44.9 Å². The Hall–Kier alpha value is -0.850. The van der Waals surface area contributed by atoms with Crippen molar-refractivity contribution >= 4 is 58.0 Å². The highest BCUT2D eigenvalue weighted by Crippen LogP contribution is 2.30. The van der Waals surface area contributed by atoms with Gasteiger partial charge in [0.1, 0.15) is 0 Å². The molecule has 0 unspecified atom stereocenters. The molecule has 2 aromatic rings. The number of thiazole rings is 1. The number of aromatic nitrogens is 1. The number of amides is 1. The number of nitrogens with zero attached hydrogens (tertiary/aromatic N) is 1. The molecule has 2 atom stereocenters. The van der Waals surface area contributed by atoms with Crippen LogP contribution in [-0.2, 0) is 11.2 Å².